The fraction of sp³-hybridized carbons (Fsp3) is 0.400. The number of hydrogen-bond donors (Lipinski definition) is 0. The number of aryl methyl sites for hydroxylation is 1. The molecule has 0 unspecified atom stereocenters. The van der Waals surface area contributed by atoms with Crippen LogP contribution in [0.3, 0.4) is 0 Å². The highest BCUT2D eigenvalue weighted by Crippen LogP contribution is 2.40. The van der Waals surface area contributed by atoms with E-state index in [9.17, 15) is 8.78 Å². The molecule has 2 aromatic carbocycles. The van der Waals surface area contributed by atoms with Crippen LogP contribution >= 0.6 is 11.3 Å². The minimum Gasteiger partial charge on any atom is -0.490 e. The van der Waals surface area contributed by atoms with E-state index in [2.05, 4.69) is 13.8 Å². The first-order valence-corrected chi connectivity index (χ1v) is 9.43. The van der Waals surface area contributed by atoms with Crippen molar-refractivity contribution in [1.29, 1.82) is 0 Å². The van der Waals surface area contributed by atoms with Crippen molar-refractivity contribution in [3.8, 4) is 5.75 Å². The van der Waals surface area contributed by atoms with Crippen LogP contribution in [0.4, 0.5) is 8.78 Å². The number of unbranched alkanes of at least 4 members (excludes halogenated alkanes) is 2. The van der Waals surface area contributed by atoms with E-state index < -0.39 is 0 Å². The van der Waals surface area contributed by atoms with Crippen LogP contribution in [0, 0.1) is 11.6 Å². The van der Waals surface area contributed by atoms with Crippen LogP contribution in [0.1, 0.15) is 45.1 Å². The van der Waals surface area contributed by atoms with Gasteiger partial charge in [-0.05, 0) is 37.0 Å². The van der Waals surface area contributed by atoms with Gasteiger partial charge in [0, 0.05) is 10.8 Å². The summed E-state index contributed by atoms with van der Waals surface area (Å²) < 4.78 is 36.0. The Morgan fingerprint density at radius 3 is 2.25 bits per heavy atom. The molecule has 0 fully saturated rings. The summed E-state index contributed by atoms with van der Waals surface area (Å²) in [6.07, 6.45) is 4.59. The molecule has 0 aliphatic heterocycles. The summed E-state index contributed by atoms with van der Waals surface area (Å²) in [6.45, 7) is 4.65. The molecule has 128 valence electrons. The Bertz CT molecular complexity index is 854. The van der Waals surface area contributed by atoms with Crippen molar-refractivity contribution in [2.75, 3.05) is 6.61 Å². The fourth-order valence-corrected chi connectivity index (χ4v) is 4.05. The topological polar surface area (TPSA) is 9.23 Å². The third-order valence-electron chi connectivity index (χ3n) is 4.29. The van der Waals surface area contributed by atoms with Gasteiger partial charge in [-0.3, -0.25) is 0 Å². The van der Waals surface area contributed by atoms with Crippen molar-refractivity contribution < 1.29 is 13.5 Å². The largest absolute Gasteiger partial charge is 0.490 e. The van der Waals surface area contributed by atoms with Crippen molar-refractivity contribution in [3.63, 3.8) is 0 Å². The summed E-state index contributed by atoms with van der Waals surface area (Å²) >= 11 is 1.19. The lowest BCUT2D eigenvalue weighted by Crippen LogP contribution is -1.98. The standard InChI is InChI=1S/C20H22F2OS/c1-3-5-7-13-8-9-14-15-10-11-16(23-12-6-4-2)18(22)20(15)24-19(14)17(13)21/h8-11H,3-7,12H2,1-2H3. The van der Waals surface area contributed by atoms with Gasteiger partial charge in [-0.1, -0.05) is 38.8 Å². The highest BCUT2D eigenvalue weighted by atomic mass is 32.1. The Hall–Kier alpha value is -1.68. The third-order valence-corrected chi connectivity index (χ3v) is 5.49. The molecule has 0 saturated carbocycles. The van der Waals surface area contributed by atoms with Gasteiger partial charge in [-0.15, -0.1) is 11.3 Å². The predicted octanol–water partition coefficient (Wildman–Crippen LogP) is 6.85. The molecular weight excluding hydrogens is 326 g/mol. The van der Waals surface area contributed by atoms with Crippen molar-refractivity contribution in [3.05, 3.63) is 41.5 Å². The Morgan fingerprint density at radius 1 is 0.875 bits per heavy atom. The van der Waals surface area contributed by atoms with E-state index in [0.29, 0.717) is 16.0 Å². The molecule has 3 aromatic rings. The van der Waals surface area contributed by atoms with Gasteiger partial charge in [-0.25, -0.2) is 8.78 Å². The van der Waals surface area contributed by atoms with Gasteiger partial charge < -0.3 is 4.74 Å². The summed E-state index contributed by atoms with van der Waals surface area (Å²) in [5.74, 6) is -0.316. The van der Waals surface area contributed by atoms with E-state index in [1.54, 1.807) is 6.07 Å². The van der Waals surface area contributed by atoms with Crippen molar-refractivity contribution in [2.24, 2.45) is 0 Å². The van der Waals surface area contributed by atoms with Crippen LogP contribution in [0.2, 0.25) is 0 Å². The molecule has 0 spiro atoms. The van der Waals surface area contributed by atoms with E-state index >= 15 is 0 Å². The molecule has 0 amide bonds. The average Bonchev–Trinajstić information content (AvgIpc) is 2.97. The molecule has 0 aliphatic rings. The normalized spacial score (nSPS) is 11.5. The van der Waals surface area contributed by atoms with Gasteiger partial charge in [0.15, 0.2) is 11.6 Å². The highest BCUT2D eigenvalue weighted by Gasteiger charge is 2.17. The van der Waals surface area contributed by atoms with Gasteiger partial charge >= 0.3 is 0 Å². The van der Waals surface area contributed by atoms with Crippen molar-refractivity contribution in [1.82, 2.24) is 0 Å². The van der Waals surface area contributed by atoms with Gasteiger partial charge in [-0.2, -0.15) is 0 Å². The number of ether oxygens (including phenoxy) is 1. The molecule has 1 aromatic heterocycles. The summed E-state index contributed by atoms with van der Waals surface area (Å²) in [7, 11) is 0. The number of benzene rings is 2. The van der Waals surface area contributed by atoms with E-state index in [0.717, 1.165) is 48.4 Å². The van der Waals surface area contributed by atoms with Crippen molar-refractivity contribution >= 4 is 31.5 Å². The first-order valence-electron chi connectivity index (χ1n) is 8.62. The summed E-state index contributed by atoms with van der Waals surface area (Å²) in [5, 5.41) is 1.54. The molecule has 3 rings (SSSR count). The Labute approximate surface area is 145 Å². The molecule has 0 bridgehead atoms. The smallest absolute Gasteiger partial charge is 0.182 e. The summed E-state index contributed by atoms with van der Waals surface area (Å²) in [6, 6.07) is 7.24. The number of fused-ring (bicyclic) bond motifs is 3. The third kappa shape index (κ3) is 3.12. The van der Waals surface area contributed by atoms with Crippen LogP contribution in [-0.2, 0) is 6.42 Å². The zero-order valence-electron chi connectivity index (χ0n) is 14.1. The lowest BCUT2D eigenvalue weighted by Gasteiger charge is -2.06. The number of halogens is 2. The van der Waals surface area contributed by atoms with Gasteiger partial charge in [0.25, 0.3) is 0 Å². The molecule has 0 saturated heterocycles. The average molecular weight is 348 g/mol. The van der Waals surface area contributed by atoms with Gasteiger partial charge in [0.2, 0.25) is 0 Å². The minimum atomic E-state index is -0.376. The highest BCUT2D eigenvalue weighted by molar-refractivity contribution is 7.25. The second-order valence-electron chi connectivity index (χ2n) is 6.08. The Kier molecular flexibility index (Phi) is 5.34. The maximum absolute atomic E-state index is 14.8. The molecule has 0 N–H and O–H groups in total. The maximum atomic E-state index is 14.8. The Morgan fingerprint density at radius 2 is 1.54 bits per heavy atom. The predicted molar refractivity (Wildman–Crippen MR) is 98.3 cm³/mol. The molecule has 24 heavy (non-hydrogen) atoms. The van der Waals surface area contributed by atoms with Crippen LogP contribution in [0.25, 0.3) is 20.2 Å². The van der Waals surface area contributed by atoms with Crippen LogP contribution in [-0.4, -0.2) is 6.61 Å². The molecular formula is C20H22F2OS. The van der Waals surface area contributed by atoms with E-state index in [1.165, 1.54) is 11.3 Å². The molecule has 0 atom stereocenters. The Balaban J connectivity index is 2.06. The van der Waals surface area contributed by atoms with Crippen molar-refractivity contribution in [2.45, 2.75) is 46.0 Å². The van der Waals surface area contributed by atoms with Crippen LogP contribution < -0.4 is 4.74 Å². The van der Waals surface area contributed by atoms with E-state index in [1.807, 2.05) is 18.2 Å². The van der Waals surface area contributed by atoms with Gasteiger partial charge in [0.1, 0.15) is 5.82 Å². The van der Waals surface area contributed by atoms with E-state index in [-0.39, 0.29) is 17.4 Å². The molecule has 4 heteroatoms. The number of hydrogen-bond acceptors (Lipinski definition) is 2. The minimum absolute atomic E-state index is 0.199. The fourth-order valence-electron chi connectivity index (χ4n) is 2.86. The van der Waals surface area contributed by atoms with E-state index in [4.69, 9.17) is 4.74 Å². The zero-order valence-corrected chi connectivity index (χ0v) is 14.9. The number of thiophene rings is 1. The SMILES string of the molecule is CCCCOc1ccc2c(sc3c(F)c(CCCC)ccc32)c1F. The molecule has 0 radical (unpaired) electrons. The summed E-state index contributed by atoms with van der Waals surface area (Å²) in [4.78, 5) is 0. The first-order chi connectivity index (χ1) is 11.7. The first kappa shape index (κ1) is 17.2. The number of rotatable bonds is 7. The van der Waals surface area contributed by atoms with Crippen LogP contribution in [0.5, 0.6) is 5.75 Å². The second kappa shape index (κ2) is 7.47. The molecule has 1 heterocycles. The lowest BCUT2D eigenvalue weighted by molar-refractivity contribution is 0.295. The van der Waals surface area contributed by atoms with Crippen LogP contribution in [0.15, 0.2) is 24.3 Å². The molecule has 1 nitrogen and oxygen atoms in total. The summed E-state index contributed by atoms with van der Waals surface area (Å²) in [5.41, 5.74) is 0.718. The zero-order chi connectivity index (χ0) is 17.1. The van der Waals surface area contributed by atoms with Gasteiger partial charge in [0.05, 0.1) is 16.0 Å². The lowest BCUT2D eigenvalue weighted by atomic mass is 10.0. The maximum Gasteiger partial charge on any atom is 0.182 e. The second-order valence-corrected chi connectivity index (χ2v) is 7.10. The quantitative estimate of drug-likeness (QED) is 0.424. The molecule has 0 aliphatic carbocycles. The monoisotopic (exact) mass is 348 g/mol.